The first-order valence-corrected chi connectivity index (χ1v) is 16.2. The van der Waals surface area contributed by atoms with E-state index in [0.717, 1.165) is 38.5 Å². The van der Waals surface area contributed by atoms with Crippen LogP contribution < -0.4 is 14.7 Å². The molecular weight excluding hydrogens is 461 g/mol. The molecule has 0 amide bonds. The molecule has 0 unspecified atom stereocenters. The number of hydrogen-bond donors (Lipinski definition) is 0. The maximum absolute atomic E-state index is 10.9. The fourth-order valence-corrected chi connectivity index (χ4v) is 7.14. The third-order valence-corrected chi connectivity index (χ3v) is 10.2. The van der Waals surface area contributed by atoms with Gasteiger partial charge in [0.05, 0.1) is 0 Å². The van der Waals surface area contributed by atoms with Gasteiger partial charge in [-0.15, -0.1) is 0 Å². The molecule has 0 N–H and O–H groups in total. The van der Waals surface area contributed by atoms with Crippen molar-refractivity contribution in [3.05, 3.63) is 0 Å². The van der Waals surface area contributed by atoms with E-state index in [-0.39, 0.29) is 17.1 Å². The van der Waals surface area contributed by atoms with E-state index in [9.17, 15) is 28.4 Å². The average Bonchev–Trinajstić information content (AvgIpc) is 2.47. The summed E-state index contributed by atoms with van der Waals surface area (Å²) in [5.41, 5.74) is 0. The summed E-state index contributed by atoms with van der Waals surface area (Å²) in [4.78, 5) is 32.6. The van der Waals surface area contributed by atoms with Gasteiger partial charge in [0.15, 0.2) is 0 Å². The Morgan fingerprint density at radius 3 is 0.607 bits per heavy atom. The molecule has 173 valence electrons. The van der Waals surface area contributed by atoms with E-state index in [4.69, 9.17) is 0 Å². The van der Waals surface area contributed by atoms with Crippen molar-refractivity contribution in [3.63, 3.8) is 0 Å². The molecule has 0 saturated carbocycles. The molecule has 0 aliphatic carbocycles. The second-order valence-corrected chi connectivity index (χ2v) is 14.4. The molecule has 0 aliphatic heterocycles. The Balaban J connectivity index is -0.000000152. The Morgan fingerprint density at radius 1 is 0.429 bits per heavy atom. The van der Waals surface area contributed by atoms with Crippen LogP contribution in [0.5, 0.6) is 0 Å². The van der Waals surface area contributed by atoms with Crippen molar-refractivity contribution >= 4 is 22.1 Å². The quantitative estimate of drug-likeness (QED) is 0.289. The van der Waals surface area contributed by atoms with Crippen LogP contribution in [0.25, 0.3) is 0 Å². The molecule has 0 aromatic carbocycles. The summed E-state index contributed by atoms with van der Waals surface area (Å²) in [7, 11) is -8.83. The fraction of sp³-hybridized carbons (Fsp3) is 1.00. The molecule has 0 aromatic heterocycles. The van der Waals surface area contributed by atoms with Crippen molar-refractivity contribution in [3.8, 4) is 0 Å². The SMILES string of the molecule is CCCP(=O)([O-])CCC.CCCP(=O)([O-])CCC.CCCP(=O)([O-])CCC.[Fe+3]. The summed E-state index contributed by atoms with van der Waals surface area (Å²) in [6.07, 6.45) is 6.76. The van der Waals surface area contributed by atoms with Gasteiger partial charge in [0, 0.05) is 22.1 Å². The summed E-state index contributed by atoms with van der Waals surface area (Å²) >= 11 is 0. The zero-order valence-corrected chi connectivity index (χ0v) is 22.4. The molecule has 0 saturated heterocycles. The van der Waals surface area contributed by atoms with E-state index in [1.165, 1.54) is 0 Å². The van der Waals surface area contributed by atoms with Gasteiger partial charge >= 0.3 is 17.1 Å². The van der Waals surface area contributed by atoms with E-state index in [1.54, 1.807) is 0 Å². The molecule has 28 heavy (non-hydrogen) atoms. The molecular formula is C18H42FeO6P3. The molecule has 0 bridgehead atoms. The first-order valence-electron chi connectivity index (χ1n) is 10.2. The van der Waals surface area contributed by atoms with Gasteiger partial charge in [-0.3, -0.25) is 0 Å². The monoisotopic (exact) mass is 503 g/mol. The van der Waals surface area contributed by atoms with Gasteiger partial charge in [-0.05, 0) is 37.0 Å². The molecule has 6 nitrogen and oxygen atoms in total. The molecule has 0 atom stereocenters. The van der Waals surface area contributed by atoms with Crippen LogP contribution in [0.3, 0.4) is 0 Å². The van der Waals surface area contributed by atoms with Gasteiger partial charge in [-0.2, -0.15) is 0 Å². The average molecular weight is 503 g/mol. The second-order valence-electron chi connectivity index (χ2n) is 6.79. The Hall–Kier alpha value is 1.09. The number of rotatable bonds is 12. The minimum atomic E-state index is -2.94. The van der Waals surface area contributed by atoms with E-state index in [0.29, 0.717) is 37.0 Å². The topological polar surface area (TPSA) is 120 Å². The van der Waals surface area contributed by atoms with Gasteiger partial charge < -0.3 is 28.4 Å². The number of hydrogen-bond acceptors (Lipinski definition) is 6. The van der Waals surface area contributed by atoms with Gasteiger partial charge in [-0.25, -0.2) is 0 Å². The van der Waals surface area contributed by atoms with Crippen molar-refractivity contribution < 1.29 is 45.4 Å². The predicted octanol–water partition coefficient (Wildman–Crippen LogP) is 4.33. The Kier molecular flexibility index (Phi) is 27.8. The second kappa shape index (κ2) is 21.3. The van der Waals surface area contributed by atoms with E-state index in [1.807, 2.05) is 41.5 Å². The largest absolute Gasteiger partial charge is 3.00 e. The van der Waals surface area contributed by atoms with Crippen molar-refractivity contribution in [2.24, 2.45) is 0 Å². The van der Waals surface area contributed by atoms with E-state index in [2.05, 4.69) is 0 Å². The van der Waals surface area contributed by atoms with Gasteiger partial charge in [0.25, 0.3) is 0 Å². The molecule has 0 aliphatic rings. The zero-order valence-electron chi connectivity index (χ0n) is 18.6. The minimum Gasteiger partial charge on any atom is -0.799 e. The minimum absolute atomic E-state index is 0. The Morgan fingerprint density at radius 2 is 0.536 bits per heavy atom. The first kappa shape index (κ1) is 36.5. The molecule has 1 radical (unpaired) electrons. The summed E-state index contributed by atoms with van der Waals surface area (Å²) < 4.78 is 32.6. The molecule has 0 rings (SSSR count). The summed E-state index contributed by atoms with van der Waals surface area (Å²) in [5.74, 6) is 0. The van der Waals surface area contributed by atoms with Gasteiger partial charge in [0.1, 0.15) is 0 Å². The van der Waals surface area contributed by atoms with Crippen LogP contribution in [-0.4, -0.2) is 37.0 Å². The van der Waals surface area contributed by atoms with Crippen molar-refractivity contribution in [2.45, 2.75) is 80.1 Å². The third-order valence-electron chi connectivity index (χ3n) is 3.39. The van der Waals surface area contributed by atoms with Crippen LogP contribution in [-0.2, 0) is 30.8 Å². The summed E-state index contributed by atoms with van der Waals surface area (Å²) in [6, 6.07) is 0. The van der Waals surface area contributed by atoms with Crippen LogP contribution in [0.4, 0.5) is 0 Å². The first-order chi connectivity index (χ1) is 12.4. The standard InChI is InChI=1S/3C6H15O2P.Fe/c3*1-3-5-9(7,8)6-4-2;/h3*3-6H2,1-2H3,(H,7,8);/q;;;+3/p-3. The van der Waals surface area contributed by atoms with Crippen LogP contribution in [0, 0.1) is 0 Å². The molecule has 0 fully saturated rings. The summed E-state index contributed by atoms with van der Waals surface area (Å²) in [5, 5.41) is 0. The van der Waals surface area contributed by atoms with Crippen LogP contribution in [0.15, 0.2) is 0 Å². The van der Waals surface area contributed by atoms with Gasteiger partial charge in [0.2, 0.25) is 0 Å². The molecule has 0 aromatic rings. The molecule has 10 heteroatoms. The predicted molar refractivity (Wildman–Crippen MR) is 114 cm³/mol. The Labute approximate surface area is 184 Å². The normalized spacial score (nSPS) is 11.5. The van der Waals surface area contributed by atoms with Crippen molar-refractivity contribution in [1.82, 2.24) is 0 Å². The van der Waals surface area contributed by atoms with Crippen LogP contribution in [0.2, 0.25) is 0 Å². The van der Waals surface area contributed by atoms with Crippen LogP contribution in [0.1, 0.15) is 80.1 Å². The van der Waals surface area contributed by atoms with Crippen molar-refractivity contribution in [2.75, 3.05) is 37.0 Å². The van der Waals surface area contributed by atoms with Gasteiger partial charge in [-0.1, -0.05) is 80.1 Å². The van der Waals surface area contributed by atoms with E-state index < -0.39 is 22.1 Å². The van der Waals surface area contributed by atoms with Crippen molar-refractivity contribution in [1.29, 1.82) is 0 Å². The fourth-order valence-electron chi connectivity index (χ4n) is 2.38. The van der Waals surface area contributed by atoms with E-state index >= 15 is 0 Å². The smallest absolute Gasteiger partial charge is 0.799 e. The maximum atomic E-state index is 10.9. The summed E-state index contributed by atoms with van der Waals surface area (Å²) in [6.45, 7) is 11.3. The molecule has 0 spiro atoms. The molecule has 0 heterocycles. The maximum Gasteiger partial charge on any atom is 3.00 e. The Bertz CT molecular complexity index is 378. The van der Waals surface area contributed by atoms with Crippen LogP contribution >= 0.6 is 22.1 Å². The third kappa shape index (κ3) is 29.3. The zero-order chi connectivity index (χ0) is 22.0.